The number of nitrogens with zero attached hydrogens (tertiary/aromatic N) is 3. The van der Waals surface area contributed by atoms with Crippen LogP contribution in [-0.2, 0) is 16.1 Å². The summed E-state index contributed by atoms with van der Waals surface area (Å²) in [6.45, 7) is 2.37. The summed E-state index contributed by atoms with van der Waals surface area (Å²) >= 11 is 5.85. The molecule has 0 aliphatic carbocycles. The van der Waals surface area contributed by atoms with Crippen LogP contribution in [0.1, 0.15) is 25.7 Å². The van der Waals surface area contributed by atoms with Gasteiger partial charge < -0.3 is 14.7 Å². The first-order valence-corrected chi connectivity index (χ1v) is 8.11. The summed E-state index contributed by atoms with van der Waals surface area (Å²) in [6, 6.07) is 7.17. The van der Waals surface area contributed by atoms with E-state index in [9.17, 15) is 4.79 Å². The molecule has 24 heavy (non-hydrogen) atoms. The highest BCUT2D eigenvalue weighted by molar-refractivity contribution is 6.30. The maximum Gasteiger partial charge on any atom is 0.264 e. The second-order valence-electron chi connectivity index (χ2n) is 5.37. The quantitative estimate of drug-likeness (QED) is 0.866. The number of amides is 1. The van der Waals surface area contributed by atoms with Crippen molar-refractivity contribution in [2.45, 2.75) is 32.3 Å². The largest absolute Gasteiger partial charge is 0.382 e. The lowest BCUT2D eigenvalue weighted by molar-refractivity contribution is -0.131. The predicted octanol–water partition coefficient (Wildman–Crippen LogP) is 2.60. The van der Waals surface area contributed by atoms with Gasteiger partial charge >= 0.3 is 0 Å². The molecule has 1 aromatic heterocycles. The zero-order valence-corrected chi connectivity index (χ0v) is 13.9. The second-order valence-corrected chi connectivity index (χ2v) is 5.81. The van der Waals surface area contributed by atoms with Crippen LogP contribution >= 0.6 is 11.6 Å². The van der Waals surface area contributed by atoms with Crippen LogP contribution in [0.2, 0.25) is 5.02 Å². The van der Waals surface area contributed by atoms with Crippen LogP contribution in [-0.4, -0.2) is 34.4 Å². The Labute approximate surface area is 144 Å². The van der Waals surface area contributed by atoms with E-state index in [0.29, 0.717) is 36.1 Å². The molecule has 2 heterocycles. The molecule has 2 aromatic rings. The van der Waals surface area contributed by atoms with Gasteiger partial charge in [0.25, 0.3) is 5.91 Å². The smallest absolute Gasteiger partial charge is 0.264 e. The van der Waals surface area contributed by atoms with Crippen molar-refractivity contribution in [2.24, 2.45) is 5.16 Å². The lowest BCUT2D eigenvalue weighted by atomic mass is 10.1. The molecule has 1 aliphatic rings. The van der Waals surface area contributed by atoms with Crippen molar-refractivity contribution >= 4 is 23.2 Å². The van der Waals surface area contributed by atoms with Gasteiger partial charge in [0.15, 0.2) is 0 Å². The lowest BCUT2D eigenvalue weighted by Gasteiger charge is -2.08. The highest BCUT2D eigenvalue weighted by Gasteiger charge is 2.26. The standard InChI is InChI=1S/C16H17ClN4O3/c1-2-12-9-13(23-20-12)16(22)18-8-7-14-19-15(21-24-14)10-3-5-11(17)6-4-10/h3-6,13H,2,7-9H2,1H3,(H,18,22)/t13-/m1/s1. The number of carbonyl (C=O) groups excluding carboxylic acids is 1. The van der Waals surface area contributed by atoms with Gasteiger partial charge in [0.05, 0.1) is 5.71 Å². The molecule has 7 nitrogen and oxygen atoms in total. The molecule has 1 amide bonds. The lowest BCUT2D eigenvalue weighted by Crippen LogP contribution is -2.35. The van der Waals surface area contributed by atoms with Gasteiger partial charge in [0, 0.05) is 30.0 Å². The van der Waals surface area contributed by atoms with Crippen LogP contribution in [0.5, 0.6) is 0 Å². The van der Waals surface area contributed by atoms with Gasteiger partial charge in [-0.2, -0.15) is 4.98 Å². The van der Waals surface area contributed by atoms with Gasteiger partial charge in [-0.3, -0.25) is 4.79 Å². The van der Waals surface area contributed by atoms with Gasteiger partial charge in [-0.1, -0.05) is 28.8 Å². The minimum absolute atomic E-state index is 0.181. The highest BCUT2D eigenvalue weighted by atomic mass is 35.5. The third-order valence-corrected chi connectivity index (χ3v) is 3.89. The Hall–Kier alpha value is -2.41. The number of oxime groups is 1. The Morgan fingerprint density at radius 3 is 2.88 bits per heavy atom. The van der Waals surface area contributed by atoms with Crippen molar-refractivity contribution in [1.82, 2.24) is 15.5 Å². The number of hydrogen-bond acceptors (Lipinski definition) is 6. The number of carbonyl (C=O) groups is 1. The van der Waals surface area contributed by atoms with Crippen molar-refractivity contribution in [2.75, 3.05) is 6.54 Å². The van der Waals surface area contributed by atoms with E-state index in [-0.39, 0.29) is 5.91 Å². The molecule has 0 bridgehead atoms. The maximum absolute atomic E-state index is 12.0. The fourth-order valence-electron chi connectivity index (χ4n) is 2.26. The van der Waals surface area contributed by atoms with Gasteiger partial charge in [0.1, 0.15) is 0 Å². The Morgan fingerprint density at radius 1 is 1.38 bits per heavy atom. The minimum Gasteiger partial charge on any atom is -0.382 e. The van der Waals surface area contributed by atoms with Gasteiger partial charge in [-0.05, 0) is 30.7 Å². The number of rotatable bonds is 6. The van der Waals surface area contributed by atoms with Gasteiger partial charge in [-0.25, -0.2) is 0 Å². The molecule has 0 unspecified atom stereocenters. The molecule has 0 saturated carbocycles. The van der Waals surface area contributed by atoms with Crippen LogP contribution in [0.3, 0.4) is 0 Å². The second kappa shape index (κ2) is 7.44. The van der Waals surface area contributed by atoms with E-state index in [4.69, 9.17) is 21.0 Å². The number of hydrogen-bond donors (Lipinski definition) is 1. The van der Waals surface area contributed by atoms with Crippen LogP contribution in [0.4, 0.5) is 0 Å². The summed E-state index contributed by atoms with van der Waals surface area (Å²) in [5, 5.41) is 11.2. The summed E-state index contributed by atoms with van der Waals surface area (Å²) in [5.41, 5.74) is 1.72. The van der Waals surface area contributed by atoms with Crippen LogP contribution in [0.25, 0.3) is 11.4 Å². The zero-order chi connectivity index (χ0) is 16.9. The van der Waals surface area contributed by atoms with E-state index < -0.39 is 6.10 Å². The average Bonchev–Trinajstić information content (AvgIpc) is 3.24. The van der Waals surface area contributed by atoms with Crippen molar-refractivity contribution in [1.29, 1.82) is 0 Å². The van der Waals surface area contributed by atoms with Crippen molar-refractivity contribution in [3.8, 4) is 11.4 Å². The molecule has 0 saturated heterocycles. The minimum atomic E-state index is -0.535. The molecule has 1 atom stereocenters. The van der Waals surface area contributed by atoms with Crippen molar-refractivity contribution in [3.05, 3.63) is 35.2 Å². The number of halogens is 1. The van der Waals surface area contributed by atoms with Gasteiger partial charge in [0.2, 0.25) is 17.8 Å². The first-order valence-electron chi connectivity index (χ1n) is 7.73. The molecule has 3 rings (SSSR count). The van der Waals surface area contributed by atoms with E-state index >= 15 is 0 Å². The van der Waals surface area contributed by atoms with E-state index in [1.54, 1.807) is 12.1 Å². The van der Waals surface area contributed by atoms with E-state index in [1.807, 2.05) is 19.1 Å². The Bertz CT molecular complexity index is 742. The summed E-state index contributed by atoms with van der Waals surface area (Å²) in [5.74, 6) is 0.769. The summed E-state index contributed by atoms with van der Waals surface area (Å²) in [6.07, 6.45) is 1.25. The van der Waals surface area contributed by atoms with Gasteiger partial charge in [-0.15, -0.1) is 0 Å². The summed E-state index contributed by atoms with van der Waals surface area (Å²) in [7, 11) is 0. The Morgan fingerprint density at radius 2 is 2.17 bits per heavy atom. The Balaban J connectivity index is 1.47. The maximum atomic E-state index is 12.0. The molecule has 1 aliphatic heterocycles. The monoisotopic (exact) mass is 348 g/mol. The molecule has 0 radical (unpaired) electrons. The van der Waals surface area contributed by atoms with E-state index in [0.717, 1.165) is 17.7 Å². The molecule has 0 spiro atoms. The number of aromatic nitrogens is 2. The topological polar surface area (TPSA) is 89.6 Å². The van der Waals surface area contributed by atoms with Crippen LogP contribution in [0, 0.1) is 0 Å². The third kappa shape index (κ3) is 3.91. The van der Waals surface area contributed by atoms with Crippen LogP contribution in [0.15, 0.2) is 33.9 Å². The molecule has 126 valence electrons. The summed E-state index contributed by atoms with van der Waals surface area (Å²) in [4.78, 5) is 21.4. The fraction of sp³-hybridized carbons (Fsp3) is 0.375. The van der Waals surface area contributed by atoms with Crippen molar-refractivity contribution in [3.63, 3.8) is 0 Å². The fourth-order valence-corrected chi connectivity index (χ4v) is 2.38. The van der Waals surface area contributed by atoms with E-state index in [2.05, 4.69) is 20.6 Å². The number of nitrogens with one attached hydrogen (secondary N) is 1. The molecule has 0 fully saturated rings. The zero-order valence-electron chi connectivity index (χ0n) is 13.2. The number of benzene rings is 1. The molecular formula is C16H17ClN4O3. The third-order valence-electron chi connectivity index (χ3n) is 3.64. The Kier molecular flexibility index (Phi) is 5.10. The van der Waals surface area contributed by atoms with Crippen LogP contribution < -0.4 is 5.32 Å². The van der Waals surface area contributed by atoms with Crippen molar-refractivity contribution < 1.29 is 14.2 Å². The molecule has 1 aromatic carbocycles. The average molecular weight is 349 g/mol. The molecule has 1 N–H and O–H groups in total. The summed E-state index contributed by atoms with van der Waals surface area (Å²) < 4.78 is 5.19. The predicted molar refractivity (Wildman–Crippen MR) is 88.7 cm³/mol. The first-order chi connectivity index (χ1) is 11.7. The highest BCUT2D eigenvalue weighted by Crippen LogP contribution is 2.18. The SMILES string of the molecule is CCC1=NO[C@@H](C(=O)NCCc2nc(-c3ccc(Cl)cc3)no2)C1. The van der Waals surface area contributed by atoms with E-state index in [1.165, 1.54) is 0 Å². The first kappa shape index (κ1) is 16.4. The normalized spacial score (nSPS) is 16.6. The molecule has 8 heteroatoms. The molecular weight excluding hydrogens is 332 g/mol.